The summed E-state index contributed by atoms with van der Waals surface area (Å²) in [6, 6.07) is 8.99. The fourth-order valence-corrected chi connectivity index (χ4v) is 2.96. The molecule has 0 fully saturated rings. The first-order valence-electron chi connectivity index (χ1n) is 7.33. The van der Waals surface area contributed by atoms with E-state index >= 15 is 0 Å². The van der Waals surface area contributed by atoms with Crippen molar-refractivity contribution in [1.29, 1.82) is 0 Å². The van der Waals surface area contributed by atoms with Crippen LogP contribution in [0.3, 0.4) is 0 Å². The van der Waals surface area contributed by atoms with Gasteiger partial charge in [-0.2, -0.15) is 0 Å². The van der Waals surface area contributed by atoms with Crippen LogP contribution in [0.4, 0.5) is 0 Å². The molecule has 0 saturated heterocycles. The van der Waals surface area contributed by atoms with Crippen LogP contribution in [-0.2, 0) is 25.3 Å². The first-order valence-corrected chi connectivity index (χ1v) is 9.13. The van der Waals surface area contributed by atoms with Crippen LogP contribution in [0.2, 0.25) is 0 Å². The molecule has 0 spiro atoms. The van der Waals surface area contributed by atoms with E-state index in [1.54, 1.807) is 31.2 Å². The van der Waals surface area contributed by atoms with Crippen LogP contribution in [-0.4, -0.2) is 78.7 Å². The Kier molecular flexibility index (Phi) is 11.8. The van der Waals surface area contributed by atoms with E-state index in [4.69, 9.17) is 14.5 Å². The van der Waals surface area contributed by atoms with E-state index < -0.39 is 31.6 Å². The van der Waals surface area contributed by atoms with Gasteiger partial charge in [0.15, 0.2) is 0 Å². The van der Waals surface area contributed by atoms with Gasteiger partial charge in [0.2, 0.25) is 5.91 Å². The third kappa shape index (κ3) is 10.4. The minimum atomic E-state index is -4.33. The van der Waals surface area contributed by atoms with Gasteiger partial charge in [0.25, 0.3) is 0 Å². The van der Waals surface area contributed by atoms with Crippen molar-refractivity contribution < 1.29 is 28.7 Å². The van der Waals surface area contributed by atoms with Crippen molar-refractivity contribution in [3.8, 4) is 0 Å². The van der Waals surface area contributed by atoms with Gasteiger partial charge in [0, 0.05) is 6.54 Å². The molecule has 0 heterocycles. The summed E-state index contributed by atoms with van der Waals surface area (Å²) in [6.07, 6.45) is -0.294. The van der Waals surface area contributed by atoms with E-state index in [2.05, 4.69) is 5.32 Å². The number of esters is 1. The standard InChI is InChI=1S/C15H22NO6P.Ca.2H/c1-2-22-14(17)8-9-16-15(18)13(11-23(19,20)21)10-12-6-4-3-5-7-12;;;/h3-7,13H,2,8-11H2,1H3,(H,16,18)(H2,19,20,21);;;/t13-;;;/m1.../s1. The molecule has 1 aromatic carbocycles. The van der Waals surface area contributed by atoms with Gasteiger partial charge in [0.1, 0.15) is 0 Å². The fraction of sp³-hybridized carbons (Fsp3) is 0.467. The Labute approximate surface area is 171 Å². The average molecular weight is 385 g/mol. The molecule has 0 aliphatic carbocycles. The number of rotatable bonds is 9. The van der Waals surface area contributed by atoms with Gasteiger partial charge in [-0.1, -0.05) is 30.3 Å². The molecule has 0 aliphatic heterocycles. The molecule has 3 N–H and O–H groups in total. The second-order valence-electron chi connectivity index (χ2n) is 5.08. The van der Waals surface area contributed by atoms with Crippen molar-refractivity contribution >= 4 is 57.2 Å². The number of carbonyl (C=O) groups is 2. The van der Waals surface area contributed by atoms with E-state index in [9.17, 15) is 14.2 Å². The van der Waals surface area contributed by atoms with E-state index in [1.807, 2.05) is 6.07 Å². The van der Waals surface area contributed by atoms with Crippen LogP contribution in [0.1, 0.15) is 18.9 Å². The van der Waals surface area contributed by atoms with Crippen LogP contribution in [0.5, 0.6) is 0 Å². The number of amides is 1. The van der Waals surface area contributed by atoms with Crippen molar-refractivity contribution in [2.45, 2.75) is 19.8 Å². The summed E-state index contributed by atoms with van der Waals surface area (Å²) >= 11 is 0. The van der Waals surface area contributed by atoms with Gasteiger partial charge in [0.05, 0.1) is 25.1 Å². The van der Waals surface area contributed by atoms with E-state index in [0.717, 1.165) is 5.56 Å². The Balaban J connectivity index is 0.00000529. The normalized spacial score (nSPS) is 12.0. The molecule has 0 saturated carbocycles. The van der Waals surface area contributed by atoms with Gasteiger partial charge >= 0.3 is 51.3 Å². The Morgan fingerprint density at radius 2 is 1.88 bits per heavy atom. The zero-order valence-corrected chi connectivity index (χ0v) is 13.9. The summed E-state index contributed by atoms with van der Waals surface area (Å²) < 4.78 is 16.0. The molecular formula is C15H24CaNO6P. The second kappa shape index (κ2) is 12.0. The van der Waals surface area contributed by atoms with E-state index in [-0.39, 0.29) is 63.7 Å². The van der Waals surface area contributed by atoms with Crippen LogP contribution >= 0.6 is 7.60 Å². The number of nitrogens with one attached hydrogen (secondary N) is 1. The molecule has 1 amide bonds. The molecule has 24 heavy (non-hydrogen) atoms. The number of hydrogen-bond acceptors (Lipinski definition) is 4. The minimum absolute atomic E-state index is 0. The van der Waals surface area contributed by atoms with Crippen molar-refractivity contribution in [2.75, 3.05) is 19.3 Å². The van der Waals surface area contributed by atoms with Crippen molar-refractivity contribution in [1.82, 2.24) is 5.32 Å². The number of hydrogen-bond donors (Lipinski definition) is 3. The first-order chi connectivity index (χ1) is 10.8. The molecule has 0 bridgehead atoms. The Hall–Kier alpha value is -0.430. The van der Waals surface area contributed by atoms with E-state index in [1.165, 1.54) is 0 Å². The summed E-state index contributed by atoms with van der Waals surface area (Å²) in [5, 5.41) is 2.53. The van der Waals surface area contributed by atoms with Gasteiger partial charge in [-0.25, -0.2) is 0 Å². The molecule has 0 unspecified atom stereocenters. The number of benzene rings is 1. The van der Waals surface area contributed by atoms with Gasteiger partial charge in [-0.05, 0) is 18.9 Å². The van der Waals surface area contributed by atoms with Gasteiger partial charge in [-0.3, -0.25) is 14.2 Å². The molecule has 1 atom stereocenters. The molecule has 9 heteroatoms. The number of carbonyl (C=O) groups excluding carboxylic acids is 2. The quantitative estimate of drug-likeness (QED) is 0.317. The monoisotopic (exact) mass is 385 g/mol. The van der Waals surface area contributed by atoms with E-state index in [0.29, 0.717) is 0 Å². The molecule has 0 aliphatic rings. The number of ether oxygens (including phenoxy) is 1. The Bertz CT molecular complexity index is 562. The zero-order chi connectivity index (χ0) is 17.3. The molecule has 1 rings (SSSR count). The summed E-state index contributed by atoms with van der Waals surface area (Å²) in [6.45, 7) is 2.03. The summed E-state index contributed by atoms with van der Waals surface area (Å²) in [7, 11) is -4.33. The zero-order valence-electron chi connectivity index (χ0n) is 13.0. The second-order valence-corrected chi connectivity index (χ2v) is 6.77. The third-order valence-corrected chi connectivity index (χ3v) is 4.00. The predicted octanol–water partition coefficient (Wildman–Crippen LogP) is 0.176. The van der Waals surface area contributed by atoms with Crippen molar-refractivity contribution in [3.63, 3.8) is 0 Å². The van der Waals surface area contributed by atoms with Gasteiger partial charge in [-0.15, -0.1) is 0 Å². The molecule has 132 valence electrons. The topological polar surface area (TPSA) is 113 Å². The van der Waals surface area contributed by atoms with Crippen LogP contribution in [0.15, 0.2) is 30.3 Å². The van der Waals surface area contributed by atoms with Crippen LogP contribution < -0.4 is 5.32 Å². The molecule has 0 aromatic heterocycles. The summed E-state index contributed by atoms with van der Waals surface area (Å²) in [5.74, 6) is -1.77. The molecular weight excluding hydrogens is 361 g/mol. The maximum atomic E-state index is 12.2. The molecule has 7 nitrogen and oxygen atoms in total. The fourth-order valence-electron chi connectivity index (χ4n) is 2.09. The first kappa shape index (κ1) is 23.6. The van der Waals surface area contributed by atoms with Gasteiger partial charge < -0.3 is 19.8 Å². The summed E-state index contributed by atoms with van der Waals surface area (Å²) in [5.41, 5.74) is 0.812. The Morgan fingerprint density at radius 3 is 2.42 bits per heavy atom. The maximum absolute atomic E-state index is 12.2. The average Bonchev–Trinajstić information content (AvgIpc) is 2.46. The SMILES string of the molecule is CCOC(=O)CCNC(=O)[C@H](Cc1ccccc1)CP(=O)(O)O.[CaH2]. The van der Waals surface area contributed by atoms with Crippen molar-refractivity contribution in [3.05, 3.63) is 35.9 Å². The summed E-state index contributed by atoms with van der Waals surface area (Å²) in [4.78, 5) is 41.7. The Morgan fingerprint density at radius 1 is 1.25 bits per heavy atom. The molecule has 1 aromatic rings. The van der Waals surface area contributed by atoms with Crippen LogP contribution in [0.25, 0.3) is 0 Å². The molecule has 0 radical (unpaired) electrons. The van der Waals surface area contributed by atoms with Crippen LogP contribution in [0, 0.1) is 5.92 Å². The predicted molar refractivity (Wildman–Crippen MR) is 93.4 cm³/mol. The third-order valence-electron chi connectivity index (χ3n) is 3.09. The van der Waals surface area contributed by atoms with Crippen molar-refractivity contribution in [2.24, 2.45) is 5.92 Å².